The van der Waals surface area contributed by atoms with E-state index in [9.17, 15) is 29.4 Å². The van der Waals surface area contributed by atoms with Gasteiger partial charge in [-0.1, -0.05) is 103 Å². The molecule has 1 aromatic heterocycles. The third kappa shape index (κ3) is 12.7. The molecule has 0 aliphatic carbocycles. The van der Waals surface area contributed by atoms with Crippen LogP contribution in [0.5, 0.6) is 11.5 Å². The SMILES string of the molecule is O=C(N[C@@H](c1ccccc1)c1cccc(OCc2ccc(C(=O)OCCN(Cc3ccccc3)C(=O)Nc3ccc(CNC[C@H](O)c4ccc(O)c5[nH]c(=O)ccc45)cc3)cc2)c1)O[C@H]1CN2CCC1CC2. The molecule has 370 valence electrons. The summed E-state index contributed by atoms with van der Waals surface area (Å²) in [6.45, 7) is 4.18. The summed E-state index contributed by atoms with van der Waals surface area (Å²) in [4.78, 5) is 58.5. The summed E-state index contributed by atoms with van der Waals surface area (Å²) >= 11 is 0. The van der Waals surface area contributed by atoms with Gasteiger partial charge >= 0.3 is 18.1 Å². The number of piperidine rings is 3. The van der Waals surface area contributed by atoms with E-state index in [1.165, 1.54) is 12.1 Å². The van der Waals surface area contributed by atoms with Crippen molar-refractivity contribution in [1.29, 1.82) is 0 Å². The number of hydrogen-bond acceptors (Lipinski definition) is 11. The monoisotopic (exact) mass is 970 g/mol. The number of carbonyl (C=O) groups excluding carboxylic acids is 3. The van der Waals surface area contributed by atoms with Gasteiger partial charge in [0.05, 0.1) is 29.8 Å². The number of phenols is 1. The number of H-pyrrole nitrogens is 1. The van der Waals surface area contributed by atoms with Gasteiger partial charge in [0.15, 0.2) is 0 Å². The van der Waals surface area contributed by atoms with Crippen LogP contribution in [0.15, 0.2) is 163 Å². The minimum Gasteiger partial charge on any atom is -0.506 e. The van der Waals surface area contributed by atoms with E-state index < -0.39 is 24.2 Å². The van der Waals surface area contributed by atoms with Crippen LogP contribution >= 0.6 is 0 Å². The standard InChI is InChI=1S/C57H58N6O9/c64-49-24-22-47(48-23-25-52(66)60-54(48)49)50(65)34-58-33-38-16-20-45(21-17-38)59-56(68)63(35-39-8-3-1-4-9-39)30-31-70-55(67)43-18-14-40(15-19-43)37-71-46-13-7-12-44(32-46)53(42-10-5-2-6-11-42)61-57(69)72-51-36-62-28-26-41(51)27-29-62/h1-25,32,41,50-51,53,58,64-65H,26-31,33-37H2,(H,59,68)(H,60,66)(H,61,69)/t50-,51-,53-/m0/s1. The second kappa shape index (κ2) is 23.3. The summed E-state index contributed by atoms with van der Waals surface area (Å²) in [6.07, 6.45) is 0.654. The molecule has 2 bridgehead atoms. The number of aliphatic hydroxyl groups excluding tert-OH is 1. The molecule has 4 heterocycles. The summed E-state index contributed by atoms with van der Waals surface area (Å²) in [5, 5.41) is 31.0. The molecule has 7 aromatic rings. The molecule has 0 unspecified atom stereocenters. The van der Waals surface area contributed by atoms with Crippen molar-refractivity contribution >= 4 is 34.7 Å². The molecule has 6 aromatic carbocycles. The van der Waals surface area contributed by atoms with Gasteiger partial charge in [0.1, 0.15) is 30.8 Å². The highest BCUT2D eigenvalue weighted by Gasteiger charge is 2.37. The highest BCUT2D eigenvalue weighted by molar-refractivity contribution is 5.90. The first-order valence-electron chi connectivity index (χ1n) is 24.3. The Hall–Kier alpha value is -7.98. The molecule has 10 rings (SSSR count). The maximum Gasteiger partial charge on any atom is 0.408 e. The van der Waals surface area contributed by atoms with Crippen LogP contribution in [-0.4, -0.2) is 88.5 Å². The fourth-order valence-corrected chi connectivity index (χ4v) is 9.34. The van der Waals surface area contributed by atoms with Gasteiger partial charge in [0.25, 0.3) is 0 Å². The minimum atomic E-state index is -0.904. The first kappa shape index (κ1) is 49.0. The van der Waals surface area contributed by atoms with Crippen molar-refractivity contribution in [3.05, 3.63) is 207 Å². The van der Waals surface area contributed by atoms with Crippen molar-refractivity contribution in [2.45, 2.75) is 50.8 Å². The Labute approximate surface area is 417 Å². The lowest BCUT2D eigenvalue weighted by molar-refractivity contribution is -0.0336. The molecule has 3 amide bonds. The lowest BCUT2D eigenvalue weighted by atomic mass is 9.86. The number of ether oxygens (including phenoxy) is 3. The molecule has 3 aliphatic heterocycles. The van der Waals surface area contributed by atoms with E-state index in [2.05, 4.69) is 25.8 Å². The smallest absolute Gasteiger partial charge is 0.408 e. The summed E-state index contributed by atoms with van der Waals surface area (Å²) < 4.78 is 17.9. The van der Waals surface area contributed by atoms with Gasteiger partial charge in [0, 0.05) is 43.3 Å². The van der Waals surface area contributed by atoms with E-state index >= 15 is 0 Å². The fourth-order valence-electron chi connectivity index (χ4n) is 9.34. The van der Waals surface area contributed by atoms with Crippen molar-refractivity contribution in [3.63, 3.8) is 0 Å². The molecule has 3 aliphatic rings. The first-order chi connectivity index (χ1) is 35.1. The van der Waals surface area contributed by atoms with Crippen molar-refractivity contribution in [3.8, 4) is 11.5 Å². The van der Waals surface area contributed by atoms with E-state index in [0.717, 1.165) is 60.3 Å². The number of urea groups is 1. The molecule has 0 radical (unpaired) electrons. The molecule has 0 saturated carbocycles. The summed E-state index contributed by atoms with van der Waals surface area (Å²) in [5.41, 5.74) is 5.86. The number of hydrogen-bond donors (Lipinski definition) is 6. The van der Waals surface area contributed by atoms with Gasteiger partial charge in [-0.15, -0.1) is 0 Å². The van der Waals surface area contributed by atoms with Crippen molar-refractivity contribution in [2.24, 2.45) is 5.92 Å². The number of amides is 3. The zero-order valence-electron chi connectivity index (χ0n) is 39.7. The molecule has 3 saturated heterocycles. The first-order valence-corrected chi connectivity index (χ1v) is 24.3. The number of esters is 1. The van der Waals surface area contributed by atoms with Gasteiger partial charge in [-0.25, -0.2) is 14.4 Å². The van der Waals surface area contributed by atoms with Gasteiger partial charge in [-0.3, -0.25) is 9.69 Å². The highest BCUT2D eigenvalue weighted by atomic mass is 16.6. The molecular formula is C57H58N6O9. The summed E-state index contributed by atoms with van der Waals surface area (Å²) in [7, 11) is 0. The van der Waals surface area contributed by atoms with Gasteiger partial charge in [-0.05, 0) is 114 Å². The molecule has 3 fully saturated rings. The highest BCUT2D eigenvalue weighted by Crippen LogP contribution is 2.32. The Morgan fingerprint density at radius 1 is 0.778 bits per heavy atom. The Morgan fingerprint density at radius 2 is 1.50 bits per heavy atom. The molecule has 15 nitrogen and oxygen atoms in total. The van der Waals surface area contributed by atoms with Crippen LogP contribution in [-0.2, 0) is 29.2 Å². The lowest BCUT2D eigenvalue weighted by Crippen LogP contribution is -2.52. The topological polar surface area (TPSA) is 195 Å². The van der Waals surface area contributed by atoms with E-state index in [1.54, 1.807) is 41.3 Å². The van der Waals surface area contributed by atoms with Gasteiger partial charge in [0.2, 0.25) is 5.56 Å². The molecule has 72 heavy (non-hydrogen) atoms. The van der Waals surface area contributed by atoms with Crippen LogP contribution < -0.4 is 26.2 Å². The van der Waals surface area contributed by atoms with Crippen LogP contribution in [0.25, 0.3) is 10.9 Å². The number of phenolic OH excluding ortho intramolecular Hbond substituents is 1. The van der Waals surface area contributed by atoms with E-state index in [-0.39, 0.29) is 61.8 Å². The zero-order valence-corrected chi connectivity index (χ0v) is 39.7. The normalized spacial score (nSPS) is 16.8. The Balaban J connectivity index is 0.751. The average molecular weight is 971 g/mol. The summed E-state index contributed by atoms with van der Waals surface area (Å²) in [5.74, 6) is 0.425. The second-order valence-corrected chi connectivity index (χ2v) is 18.2. The minimum absolute atomic E-state index is 0.0368. The number of alkyl carbamates (subject to hydrolysis) is 1. The predicted molar refractivity (Wildman–Crippen MR) is 274 cm³/mol. The number of fused-ring (bicyclic) bond motifs is 4. The molecule has 15 heteroatoms. The number of nitrogens with one attached hydrogen (secondary N) is 4. The largest absolute Gasteiger partial charge is 0.506 e. The van der Waals surface area contributed by atoms with E-state index in [0.29, 0.717) is 40.4 Å². The van der Waals surface area contributed by atoms with Crippen molar-refractivity contribution in [1.82, 2.24) is 25.4 Å². The van der Waals surface area contributed by atoms with Gasteiger partial charge < -0.3 is 50.3 Å². The maximum atomic E-state index is 13.7. The number of aromatic amines is 1. The maximum absolute atomic E-state index is 13.7. The Bertz CT molecular complexity index is 3000. The number of carbonyl (C=O) groups is 3. The van der Waals surface area contributed by atoms with Crippen LogP contribution in [0.2, 0.25) is 0 Å². The van der Waals surface area contributed by atoms with Crippen LogP contribution in [0.3, 0.4) is 0 Å². The molecule has 0 spiro atoms. The molecule has 6 N–H and O–H groups in total. The number of anilines is 1. The third-order valence-corrected chi connectivity index (χ3v) is 13.3. The number of rotatable bonds is 19. The quantitative estimate of drug-likeness (QED) is 0.0426. The number of aliphatic hydroxyl groups is 1. The van der Waals surface area contributed by atoms with Crippen molar-refractivity contribution in [2.75, 3.05) is 44.6 Å². The number of aromatic nitrogens is 1. The second-order valence-electron chi connectivity index (χ2n) is 18.2. The van der Waals surface area contributed by atoms with Crippen LogP contribution in [0, 0.1) is 5.92 Å². The molecular weight excluding hydrogens is 913 g/mol. The van der Waals surface area contributed by atoms with Crippen molar-refractivity contribution < 1.29 is 38.8 Å². The van der Waals surface area contributed by atoms with Crippen LogP contribution in [0.1, 0.15) is 68.7 Å². The zero-order chi connectivity index (χ0) is 49.8. The van der Waals surface area contributed by atoms with E-state index in [4.69, 9.17) is 14.2 Å². The predicted octanol–water partition coefficient (Wildman–Crippen LogP) is 8.44. The fraction of sp³-hybridized carbons (Fsp3) is 0.263. The number of aromatic hydroxyl groups is 1. The molecule has 3 atom stereocenters. The van der Waals surface area contributed by atoms with Crippen LogP contribution in [0.4, 0.5) is 15.3 Å². The number of pyridine rings is 1. The number of benzene rings is 6. The Morgan fingerprint density at radius 3 is 2.24 bits per heavy atom. The van der Waals surface area contributed by atoms with Gasteiger partial charge in [-0.2, -0.15) is 0 Å². The lowest BCUT2D eigenvalue weighted by Gasteiger charge is -2.43. The average Bonchev–Trinajstić information content (AvgIpc) is 3.41. The Kier molecular flexibility index (Phi) is 15.9. The van der Waals surface area contributed by atoms with E-state index in [1.807, 2.05) is 109 Å². The summed E-state index contributed by atoms with van der Waals surface area (Å²) in [6, 6.07) is 46.5. The third-order valence-electron chi connectivity index (χ3n) is 13.3. The number of nitrogens with zero attached hydrogens (tertiary/aromatic N) is 2.